The van der Waals surface area contributed by atoms with Crippen molar-refractivity contribution in [2.24, 2.45) is 0 Å². The van der Waals surface area contributed by atoms with Crippen molar-refractivity contribution in [2.75, 3.05) is 39.4 Å². The van der Waals surface area contributed by atoms with E-state index in [-0.39, 0.29) is 55.0 Å². The number of hydrogen-bond acceptors (Lipinski definition) is 8. The predicted molar refractivity (Wildman–Crippen MR) is 146 cm³/mol. The van der Waals surface area contributed by atoms with Crippen LogP contribution in [0.3, 0.4) is 0 Å². The van der Waals surface area contributed by atoms with Gasteiger partial charge in [0.2, 0.25) is 10.0 Å². The predicted octanol–water partition coefficient (Wildman–Crippen LogP) is 3.16. The first-order valence-corrected chi connectivity index (χ1v) is 14.8. The lowest BCUT2D eigenvalue weighted by molar-refractivity contribution is 0.0934. The van der Waals surface area contributed by atoms with Gasteiger partial charge in [0.25, 0.3) is 5.56 Å². The number of hydrogen-bond donors (Lipinski definition) is 1. The molecule has 1 fully saturated rings. The SMILES string of the molecule is CCOC(=O)N1CCN(S(=O)(=O)c2ccc(OCC)c(-c3nn4c(C(CC)CC)nc(C)c4c(=O)[nH]3)c2)CC1. The zero-order valence-electron chi connectivity index (χ0n) is 23.1. The van der Waals surface area contributed by atoms with E-state index in [1.165, 1.54) is 21.3 Å². The maximum absolute atomic E-state index is 13.6. The van der Waals surface area contributed by atoms with Crippen molar-refractivity contribution >= 4 is 21.6 Å². The van der Waals surface area contributed by atoms with Gasteiger partial charge in [-0.15, -0.1) is 5.10 Å². The average molecular weight is 561 g/mol. The molecular formula is C26H36N6O6S. The Labute approximate surface area is 228 Å². The van der Waals surface area contributed by atoms with Gasteiger partial charge in [-0.25, -0.2) is 22.7 Å². The molecule has 0 aliphatic carbocycles. The minimum atomic E-state index is -3.90. The zero-order chi connectivity index (χ0) is 28.3. The number of aromatic amines is 1. The third-order valence-electron chi connectivity index (χ3n) is 6.96. The Morgan fingerprint density at radius 1 is 1.08 bits per heavy atom. The third kappa shape index (κ3) is 5.50. The van der Waals surface area contributed by atoms with Gasteiger partial charge < -0.3 is 19.4 Å². The van der Waals surface area contributed by atoms with Crippen molar-refractivity contribution < 1.29 is 22.7 Å². The van der Waals surface area contributed by atoms with E-state index in [0.717, 1.165) is 12.8 Å². The fourth-order valence-electron chi connectivity index (χ4n) is 4.84. The highest BCUT2D eigenvalue weighted by molar-refractivity contribution is 7.89. The Balaban J connectivity index is 1.76. The van der Waals surface area contributed by atoms with Crippen LogP contribution >= 0.6 is 0 Å². The Morgan fingerprint density at radius 2 is 1.77 bits per heavy atom. The first-order valence-electron chi connectivity index (χ1n) is 13.3. The summed E-state index contributed by atoms with van der Waals surface area (Å²) in [5.74, 6) is 1.39. The van der Waals surface area contributed by atoms with Crippen LogP contribution in [0.15, 0.2) is 27.9 Å². The maximum atomic E-state index is 13.6. The summed E-state index contributed by atoms with van der Waals surface area (Å²) in [6.45, 7) is 10.8. The molecule has 0 atom stereocenters. The van der Waals surface area contributed by atoms with Gasteiger partial charge in [0.1, 0.15) is 11.6 Å². The molecule has 0 saturated carbocycles. The minimum absolute atomic E-state index is 0.0373. The molecule has 1 saturated heterocycles. The molecule has 0 spiro atoms. The van der Waals surface area contributed by atoms with E-state index in [1.807, 2.05) is 6.92 Å². The second-order valence-corrected chi connectivity index (χ2v) is 11.3. The first kappa shape index (κ1) is 28.6. The number of ether oxygens (including phenoxy) is 2. The topological polar surface area (TPSA) is 139 Å². The molecule has 3 heterocycles. The summed E-state index contributed by atoms with van der Waals surface area (Å²) < 4.78 is 40.9. The quantitative estimate of drug-likeness (QED) is 0.421. The average Bonchev–Trinajstić information content (AvgIpc) is 3.26. The van der Waals surface area contributed by atoms with E-state index in [0.29, 0.717) is 35.0 Å². The highest BCUT2D eigenvalue weighted by atomic mass is 32.2. The molecule has 1 N–H and O–H groups in total. The van der Waals surface area contributed by atoms with Crippen LogP contribution in [0.2, 0.25) is 0 Å². The maximum Gasteiger partial charge on any atom is 0.409 e. The molecule has 3 aromatic rings. The number of nitrogens with zero attached hydrogens (tertiary/aromatic N) is 5. The second kappa shape index (κ2) is 11.7. The number of imidazole rings is 1. The molecule has 0 unspecified atom stereocenters. The monoisotopic (exact) mass is 560 g/mol. The Kier molecular flexibility index (Phi) is 8.60. The molecule has 1 aliphatic heterocycles. The standard InChI is InChI=1S/C26H36N6O6S/c1-6-18(7-2)24-27-17(5)22-25(33)28-23(29-32(22)24)20-16-19(10-11-21(20)37-8-3)39(35,36)31-14-12-30(13-15-31)26(34)38-9-4/h10-11,16,18H,6-9,12-15H2,1-5H3,(H,28,29,33). The van der Waals surface area contributed by atoms with Gasteiger partial charge in [0, 0.05) is 32.1 Å². The number of carbonyl (C=O) groups is 1. The summed E-state index contributed by atoms with van der Waals surface area (Å²) in [7, 11) is -3.90. The number of piperazine rings is 1. The van der Waals surface area contributed by atoms with Gasteiger partial charge in [-0.2, -0.15) is 4.31 Å². The van der Waals surface area contributed by atoms with Gasteiger partial charge in [-0.05, 0) is 51.8 Å². The van der Waals surface area contributed by atoms with Crippen LogP contribution in [0.1, 0.15) is 58.0 Å². The number of H-pyrrole nitrogens is 1. The summed E-state index contributed by atoms with van der Waals surface area (Å²) in [4.78, 5) is 34.2. The molecular weight excluding hydrogens is 524 g/mol. The Bertz CT molecular complexity index is 1500. The van der Waals surface area contributed by atoms with E-state index in [1.54, 1.807) is 24.4 Å². The van der Waals surface area contributed by atoms with Gasteiger partial charge in [0.15, 0.2) is 11.3 Å². The van der Waals surface area contributed by atoms with Crippen molar-refractivity contribution in [2.45, 2.75) is 58.3 Å². The lowest BCUT2D eigenvalue weighted by Gasteiger charge is -2.33. The third-order valence-corrected chi connectivity index (χ3v) is 8.85. The Hall–Kier alpha value is -3.45. The van der Waals surface area contributed by atoms with Crippen molar-refractivity contribution in [1.29, 1.82) is 0 Å². The normalized spacial score (nSPS) is 14.8. The number of fused-ring (bicyclic) bond motifs is 1. The van der Waals surface area contributed by atoms with Crippen molar-refractivity contribution in [3.05, 3.63) is 40.1 Å². The number of nitrogens with one attached hydrogen (secondary N) is 1. The summed E-state index contributed by atoms with van der Waals surface area (Å²) in [6.07, 6.45) is 1.21. The van der Waals surface area contributed by atoms with E-state index in [9.17, 15) is 18.0 Å². The van der Waals surface area contributed by atoms with Crippen LogP contribution in [-0.4, -0.2) is 82.7 Å². The molecule has 0 radical (unpaired) electrons. The molecule has 1 aliphatic rings. The van der Waals surface area contributed by atoms with E-state index >= 15 is 0 Å². The second-order valence-electron chi connectivity index (χ2n) is 9.31. The number of carbonyl (C=O) groups excluding carboxylic acids is 1. The van der Waals surface area contributed by atoms with Crippen molar-refractivity contribution in [3.8, 4) is 17.1 Å². The van der Waals surface area contributed by atoms with Crippen LogP contribution in [0, 0.1) is 6.92 Å². The first-order chi connectivity index (χ1) is 18.7. The zero-order valence-corrected chi connectivity index (χ0v) is 23.9. The number of aromatic nitrogens is 4. The van der Waals surface area contributed by atoms with Crippen LogP contribution in [0.4, 0.5) is 4.79 Å². The minimum Gasteiger partial charge on any atom is -0.493 e. The smallest absolute Gasteiger partial charge is 0.409 e. The fourth-order valence-corrected chi connectivity index (χ4v) is 6.29. The molecule has 0 bridgehead atoms. The van der Waals surface area contributed by atoms with Crippen LogP contribution < -0.4 is 10.3 Å². The van der Waals surface area contributed by atoms with Crippen molar-refractivity contribution in [3.63, 3.8) is 0 Å². The van der Waals surface area contributed by atoms with E-state index in [4.69, 9.17) is 14.6 Å². The molecule has 2 aromatic heterocycles. The van der Waals surface area contributed by atoms with Crippen LogP contribution in [0.25, 0.3) is 16.9 Å². The number of amides is 1. The van der Waals surface area contributed by atoms with E-state index < -0.39 is 16.1 Å². The van der Waals surface area contributed by atoms with Crippen LogP contribution in [-0.2, 0) is 14.8 Å². The number of aryl methyl sites for hydroxylation is 1. The molecule has 1 amide bonds. The molecule has 39 heavy (non-hydrogen) atoms. The van der Waals surface area contributed by atoms with Crippen LogP contribution in [0.5, 0.6) is 5.75 Å². The number of rotatable bonds is 9. The molecule has 212 valence electrons. The van der Waals surface area contributed by atoms with Gasteiger partial charge in [-0.1, -0.05) is 13.8 Å². The molecule has 12 nitrogen and oxygen atoms in total. The largest absolute Gasteiger partial charge is 0.493 e. The molecule has 1 aromatic carbocycles. The molecule has 13 heteroatoms. The fraction of sp³-hybridized carbons (Fsp3) is 0.538. The van der Waals surface area contributed by atoms with Gasteiger partial charge in [-0.3, -0.25) is 4.79 Å². The highest BCUT2D eigenvalue weighted by Crippen LogP contribution is 2.32. The number of sulfonamides is 1. The van der Waals surface area contributed by atoms with Crippen molar-refractivity contribution in [1.82, 2.24) is 28.8 Å². The van der Waals surface area contributed by atoms with Gasteiger partial charge in [0.05, 0.1) is 29.4 Å². The van der Waals surface area contributed by atoms with Gasteiger partial charge >= 0.3 is 6.09 Å². The van der Waals surface area contributed by atoms with E-state index in [2.05, 4.69) is 23.8 Å². The summed E-state index contributed by atoms with van der Waals surface area (Å²) in [5, 5.41) is 4.72. The highest BCUT2D eigenvalue weighted by Gasteiger charge is 2.31. The number of benzene rings is 1. The lowest BCUT2D eigenvalue weighted by Crippen LogP contribution is -2.50. The summed E-state index contributed by atoms with van der Waals surface area (Å²) in [6, 6.07) is 4.53. The molecule has 4 rings (SSSR count). The summed E-state index contributed by atoms with van der Waals surface area (Å²) >= 11 is 0. The lowest BCUT2D eigenvalue weighted by atomic mass is 10.0. The summed E-state index contributed by atoms with van der Waals surface area (Å²) in [5.41, 5.74) is 0.930. The Morgan fingerprint density at radius 3 is 2.38 bits per heavy atom.